The van der Waals surface area contributed by atoms with Crippen LogP contribution in [-0.2, 0) is 13.1 Å². The van der Waals surface area contributed by atoms with Crippen LogP contribution in [0.5, 0.6) is 5.75 Å². The molecular weight excluding hydrogens is 380 g/mol. The molecule has 1 heterocycles. The highest BCUT2D eigenvalue weighted by atomic mass is 32.1. The average Bonchev–Trinajstić information content (AvgIpc) is 3.21. The predicted molar refractivity (Wildman–Crippen MR) is 122 cm³/mol. The van der Waals surface area contributed by atoms with E-state index in [-0.39, 0.29) is 0 Å². The largest absolute Gasteiger partial charge is 0.495 e. The zero-order chi connectivity index (χ0) is 20.8. The maximum absolute atomic E-state index is 5.77. The van der Waals surface area contributed by atoms with Gasteiger partial charge in [-0.2, -0.15) is 0 Å². The van der Waals surface area contributed by atoms with E-state index in [9.17, 15) is 0 Å². The number of thiocarbonyl (C=S) groups is 1. The SMILES string of the molecule is COc1ccc(C)cc1NC(=S)N(Cc1ccc(C(C)C)cc1)Cc1ccco1. The predicted octanol–water partition coefficient (Wildman–Crippen LogP) is 6.12. The molecule has 3 aromatic rings. The third-order valence-electron chi connectivity index (χ3n) is 4.83. The van der Waals surface area contributed by atoms with Gasteiger partial charge < -0.3 is 19.4 Å². The topological polar surface area (TPSA) is 37.6 Å². The van der Waals surface area contributed by atoms with Crippen LogP contribution in [0.3, 0.4) is 0 Å². The van der Waals surface area contributed by atoms with E-state index in [1.807, 2.05) is 37.3 Å². The van der Waals surface area contributed by atoms with Crippen molar-refractivity contribution in [2.75, 3.05) is 12.4 Å². The number of anilines is 1. The fourth-order valence-corrected chi connectivity index (χ4v) is 3.37. The van der Waals surface area contributed by atoms with Gasteiger partial charge in [0.15, 0.2) is 5.11 Å². The van der Waals surface area contributed by atoms with E-state index in [0.29, 0.717) is 24.1 Å². The van der Waals surface area contributed by atoms with Crippen LogP contribution in [0.1, 0.15) is 42.2 Å². The summed E-state index contributed by atoms with van der Waals surface area (Å²) in [5.74, 6) is 2.14. The number of hydrogen-bond acceptors (Lipinski definition) is 3. The van der Waals surface area contributed by atoms with Crippen molar-refractivity contribution in [3.05, 3.63) is 83.3 Å². The zero-order valence-corrected chi connectivity index (χ0v) is 18.3. The van der Waals surface area contributed by atoms with Crippen LogP contribution in [-0.4, -0.2) is 17.1 Å². The molecule has 29 heavy (non-hydrogen) atoms. The molecule has 0 aliphatic heterocycles. The van der Waals surface area contributed by atoms with E-state index in [4.69, 9.17) is 21.4 Å². The van der Waals surface area contributed by atoms with E-state index < -0.39 is 0 Å². The first-order chi connectivity index (χ1) is 14.0. The van der Waals surface area contributed by atoms with Gasteiger partial charge in [-0.05, 0) is 66.0 Å². The number of ether oxygens (including phenoxy) is 1. The minimum Gasteiger partial charge on any atom is -0.495 e. The van der Waals surface area contributed by atoms with Gasteiger partial charge in [0.05, 0.1) is 25.6 Å². The number of rotatable bonds is 7. The second kappa shape index (κ2) is 9.61. The third-order valence-corrected chi connectivity index (χ3v) is 5.19. The van der Waals surface area contributed by atoms with Crippen LogP contribution in [0.2, 0.25) is 0 Å². The Morgan fingerprint density at radius 2 is 1.86 bits per heavy atom. The van der Waals surface area contributed by atoms with Crippen LogP contribution >= 0.6 is 12.2 Å². The number of methoxy groups -OCH3 is 1. The Balaban J connectivity index is 1.81. The highest BCUT2D eigenvalue weighted by Gasteiger charge is 2.15. The van der Waals surface area contributed by atoms with Gasteiger partial charge in [-0.15, -0.1) is 0 Å². The molecular formula is C24H28N2O2S. The molecule has 0 radical (unpaired) electrons. The first-order valence-corrected chi connectivity index (χ1v) is 10.2. The Labute approximate surface area is 178 Å². The second-order valence-corrected chi connectivity index (χ2v) is 7.85. The van der Waals surface area contributed by atoms with Crippen molar-refractivity contribution >= 4 is 23.0 Å². The monoisotopic (exact) mass is 408 g/mol. The van der Waals surface area contributed by atoms with Crippen LogP contribution in [0.15, 0.2) is 65.3 Å². The Morgan fingerprint density at radius 1 is 1.10 bits per heavy atom. The minimum absolute atomic E-state index is 0.514. The number of hydrogen-bond donors (Lipinski definition) is 1. The highest BCUT2D eigenvalue weighted by Crippen LogP contribution is 2.26. The summed E-state index contributed by atoms with van der Waals surface area (Å²) in [6.45, 7) is 7.71. The van der Waals surface area contributed by atoms with E-state index in [2.05, 4.69) is 48.3 Å². The summed E-state index contributed by atoms with van der Waals surface area (Å²) in [6.07, 6.45) is 1.69. The molecule has 5 heteroatoms. The van der Waals surface area contributed by atoms with Crippen molar-refractivity contribution in [3.63, 3.8) is 0 Å². The van der Waals surface area contributed by atoms with Crippen molar-refractivity contribution in [2.24, 2.45) is 0 Å². The zero-order valence-electron chi connectivity index (χ0n) is 17.4. The fraction of sp³-hybridized carbons (Fsp3) is 0.292. The number of aryl methyl sites for hydroxylation is 1. The van der Waals surface area contributed by atoms with Crippen LogP contribution in [0, 0.1) is 6.92 Å². The van der Waals surface area contributed by atoms with Gasteiger partial charge in [-0.3, -0.25) is 0 Å². The second-order valence-electron chi connectivity index (χ2n) is 7.47. The van der Waals surface area contributed by atoms with Crippen molar-refractivity contribution in [3.8, 4) is 5.75 Å². The summed E-state index contributed by atoms with van der Waals surface area (Å²) in [7, 11) is 1.66. The summed E-state index contributed by atoms with van der Waals surface area (Å²) in [6, 6.07) is 18.6. The van der Waals surface area contributed by atoms with Gasteiger partial charge in [0.25, 0.3) is 0 Å². The fourth-order valence-electron chi connectivity index (χ4n) is 3.13. The molecule has 3 rings (SSSR count). The van der Waals surface area contributed by atoms with Gasteiger partial charge in [0.2, 0.25) is 0 Å². The normalized spacial score (nSPS) is 10.8. The molecule has 152 valence electrons. The van der Waals surface area contributed by atoms with Crippen LogP contribution in [0.4, 0.5) is 5.69 Å². The van der Waals surface area contributed by atoms with Gasteiger partial charge in [0.1, 0.15) is 11.5 Å². The Kier molecular flexibility index (Phi) is 6.94. The maximum atomic E-state index is 5.77. The van der Waals surface area contributed by atoms with E-state index in [1.165, 1.54) is 11.1 Å². The van der Waals surface area contributed by atoms with Crippen molar-refractivity contribution < 1.29 is 9.15 Å². The molecule has 0 unspecified atom stereocenters. The number of nitrogens with zero attached hydrogens (tertiary/aromatic N) is 1. The summed E-state index contributed by atoms with van der Waals surface area (Å²) in [5, 5.41) is 3.98. The van der Waals surface area contributed by atoms with Gasteiger partial charge in [0, 0.05) is 6.54 Å². The lowest BCUT2D eigenvalue weighted by atomic mass is 10.0. The molecule has 0 bridgehead atoms. The quantitative estimate of drug-likeness (QED) is 0.477. The van der Waals surface area contributed by atoms with Crippen molar-refractivity contribution in [1.82, 2.24) is 4.90 Å². The molecule has 0 saturated heterocycles. The molecule has 1 aromatic heterocycles. The smallest absolute Gasteiger partial charge is 0.174 e. The van der Waals surface area contributed by atoms with E-state index in [1.54, 1.807) is 13.4 Å². The first kappa shape index (κ1) is 20.9. The van der Waals surface area contributed by atoms with Crippen molar-refractivity contribution in [1.29, 1.82) is 0 Å². The summed E-state index contributed by atoms with van der Waals surface area (Å²) in [4.78, 5) is 2.10. The number of benzene rings is 2. The molecule has 4 nitrogen and oxygen atoms in total. The molecule has 0 saturated carbocycles. The van der Waals surface area contributed by atoms with Gasteiger partial charge in [-0.25, -0.2) is 0 Å². The molecule has 0 fully saturated rings. The molecule has 1 N–H and O–H groups in total. The summed E-state index contributed by atoms with van der Waals surface area (Å²) < 4.78 is 11.0. The first-order valence-electron chi connectivity index (χ1n) is 9.78. The van der Waals surface area contributed by atoms with Crippen molar-refractivity contribution in [2.45, 2.75) is 39.8 Å². The lowest BCUT2D eigenvalue weighted by Gasteiger charge is -2.26. The van der Waals surface area contributed by atoms with E-state index >= 15 is 0 Å². The highest BCUT2D eigenvalue weighted by molar-refractivity contribution is 7.80. The Hall–Kier alpha value is -2.79. The molecule has 2 aromatic carbocycles. The Morgan fingerprint density at radius 3 is 2.48 bits per heavy atom. The molecule has 0 spiro atoms. The van der Waals surface area contributed by atoms with Crippen LogP contribution < -0.4 is 10.1 Å². The summed E-state index contributed by atoms with van der Waals surface area (Å²) in [5.41, 5.74) is 4.52. The van der Waals surface area contributed by atoms with Gasteiger partial charge in [-0.1, -0.05) is 44.2 Å². The summed E-state index contributed by atoms with van der Waals surface area (Å²) >= 11 is 5.77. The number of furan rings is 1. The lowest BCUT2D eigenvalue weighted by molar-refractivity contribution is 0.360. The molecule has 0 aliphatic rings. The van der Waals surface area contributed by atoms with E-state index in [0.717, 1.165) is 22.8 Å². The third kappa shape index (κ3) is 5.61. The lowest BCUT2D eigenvalue weighted by Crippen LogP contribution is -2.33. The standard InChI is InChI=1S/C24H28N2O2S/c1-17(2)20-10-8-19(9-11-20)15-26(16-21-6-5-13-28-21)24(29)25-22-14-18(3)7-12-23(22)27-4/h5-14,17H,15-16H2,1-4H3,(H,25,29). The average molecular weight is 409 g/mol. The molecule has 0 atom stereocenters. The van der Waals surface area contributed by atoms with Gasteiger partial charge >= 0.3 is 0 Å². The van der Waals surface area contributed by atoms with Crippen LogP contribution in [0.25, 0.3) is 0 Å². The minimum atomic E-state index is 0.514. The number of nitrogens with one attached hydrogen (secondary N) is 1. The Bertz CT molecular complexity index is 934. The molecule has 0 amide bonds. The molecule has 0 aliphatic carbocycles. The maximum Gasteiger partial charge on any atom is 0.174 e.